The molecule has 0 radical (unpaired) electrons. The van der Waals surface area contributed by atoms with Gasteiger partial charge in [0.25, 0.3) is 0 Å². The summed E-state index contributed by atoms with van der Waals surface area (Å²) >= 11 is 0. The van der Waals surface area contributed by atoms with Crippen molar-refractivity contribution in [3.63, 3.8) is 0 Å². The summed E-state index contributed by atoms with van der Waals surface area (Å²) in [5.74, 6) is 0. The summed E-state index contributed by atoms with van der Waals surface area (Å²) in [6.45, 7) is 9.43. The fourth-order valence-electron chi connectivity index (χ4n) is 4.15. The molecule has 15 nitrogen and oxygen atoms in total. The molecule has 0 atom stereocenters. The zero-order valence-corrected chi connectivity index (χ0v) is 30.9. The molecule has 3 aromatic rings. The van der Waals surface area contributed by atoms with Gasteiger partial charge in [0.15, 0.2) is 5.71 Å². The van der Waals surface area contributed by atoms with Crippen LogP contribution in [0.5, 0.6) is 0 Å². The maximum atomic E-state index is 13.5. The third kappa shape index (κ3) is 11.7. The van der Waals surface area contributed by atoms with Crippen molar-refractivity contribution in [3.8, 4) is 0 Å². The van der Waals surface area contributed by atoms with Gasteiger partial charge in [-0.1, -0.05) is 88.3 Å². The van der Waals surface area contributed by atoms with Gasteiger partial charge in [0.2, 0.25) is 0 Å². The largest absolute Gasteiger partial charge is 0.550 e. The predicted molar refractivity (Wildman–Crippen MR) is 187 cm³/mol. The zero-order valence-electron chi connectivity index (χ0n) is 28.3. The van der Waals surface area contributed by atoms with Crippen LogP contribution in [0.1, 0.15) is 52.7 Å². The first-order valence-corrected chi connectivity index (χ1v) is 20.0. The molecule has 0 aromatic heterocycles. The highest BCUT2D eigenvalue weighted by Gasteiger charge is 2.34. The Hall–Kier alpha value is -3.22. The second-order valence-electron chi connectivity index (χ2n) is 9.31. The van der Waals surface area contributed by atoms with E-state index >= 15 is 0 Å². The second kappa shape index (κ2) is 19.8. The van der Waals surface area contributed by atoms with Crippen molar-refractivity contribution < 1.29 is 54.7 Å². The van der Waals surface area contributed by atoms with Crippen molar-refractivity contribution in [1.29, 1.82) is 0 Å². The molecule has 0 fully saturated rings. The Kier molecular flexibility index (Phi) is 16.3. The van der Waals surface area contributed by atoms with Crippen molar-refractivity contribution >= 4 is 51.4 Å². The van der Waals surface area contributed by atoms with Gasteiger partial charge >= 0.3 is 23.5 Å². The molecule has 18 heteroatoms. The van der Waals surface area contributed by atoms with E-state index in [-0.39, 0.29) is 56.8 Å². The number of phosphoric ester groups is 3. The maximum Gasteiger partial charge on any atom is 0.550 e. The summed E-state index contributed by atoms with van der Waals surface area (Å²) in [6.07, 6.45) is 0. The first-order valence-electron chi connectivity index (χ1n) is 15.6. The minimum Gasteiger partial charge on any atom is -0.291 e. The third-order valence-electron chi connectivity index (χ3n) is 5.96. The van der Waals surface area contributed by atoms with E-state index < -0.39 is 23.5 Å². The Morgan fingerprint density at radius 2 is 0.898 bits per heavy atom. The van der Waals surface area contributed by atoms with Gasteiger partial charge in [-0.2, -0.15) is 0 Å². The summed E-state index contributed by atoms with van der Waals surface area (Å²) in [5.41, 5.74) is 0.0608. The molecule has 0 aliphatic heterocycles. The van der Waals surface area contributed by atoms with Crippen molar-refractivity contribution in [2.24, 2.45) is 15.5 Å². The van der Waals surface area contributed by atoms with Gasteiger partial charge in [0.05, 0.1) is 39.6 Å². The number of hydrogen-bond donors (Lipinski definition) is 0. The van der Waals surface area contributed by atoms with Gasteiger partial charge in [-0.3, -0.25) is 41.0 Å². The van der Waals surface area contributed by atoms with Crippen LogP contribution in [0.15, 0.2) is 88.3 Å². The van der Waals surface area contributed by atoms with Crippen LogP contribution >= 0.6 is 23.5 Å². The van der Waals surface area contributed by atoms with Crippen LogP contribution in [0.2, 0.25) is 0 Å². The molecular weight excluding hydrogens is 699 g/mol. The van der Waals surface area contributed by atoms with Crippen LogP contribution in [0.4, 0.5) is 0 Å². The SMILES string of the molecule is CCOP(=O)(OCC)O/N=C(C(=N/OP(=O)(OCC)OCC)/c1ccccc1)\C(=N\OP(=O)(OCC)OCC)c1cccc2ccccc12. The number of hydrogen-bond acceptors (Lipinski definition) is 15. The smallest absolute Gasteiger partial charge is 0.291 e. The lowest BCUT2D eigenvalue weighted by Gasteiger charge is -2.19. The molecule has 3 rings (SSSR count). The van der Waals surface area contributed by atoms with E-state index in [0.29, 0.717) is 16.5 Å². The van der Waals surface area contributed by atoms with E-state index in [1.54, 1.807) is 90.1 Å². The first-order chi connectivity index (χ1) is 23.6. The van der Waals surface area contributed by atoms with Crippen LogP contribution < -0.4 is 0 Å². The standard InChI is InChI=1S/C31H42N3O12P3/c1-7-38-47(35,39-8-2)44-32-29(26-20-14-13-15-21-26)31(34-46-49(37,42-11-5)43-12-6)30(33-45-48(36,40-9-3)41-10-4)28-24-18-22-25-19-16-17-23-27(25)28/h13-24H,7-12H2,1-6H3/b32-29+,33-30+,34-31-. The highest BCUT2D eigenvalue weighted by Crippen LogP contribution is 2.51. The Labute approximate surface area is 286 Å². The number of rotatable bonds is 22. The molecular formula is C31H42N3O12P3. The van der Waals surface area contributed by atoms with Crippen LogP contribution in [0, 0.1) is 0 Å². The molecule has 0 spiro atoms. The summed E-state index contributed by atoms with van der Waals surface area (Å²) in [6, 6.07) is 21.0. The molecule has 49 heavy (non-hydrogen) atoms. The van der Waals surface area contributed by atoms with Gasteiger partial charge in [0, 0.05) is 11.1 Å². The van der Waals surface area contributed by atoms with E-state index in [4.69, 9.17) is 41.0 Å². The molecule has 0 unspecified atom stereocenters. The third-order valence-corrected chi connectivity index (χ3v) is 10.3. The lowest BCUT2D eigenvalue weighted by Crippen LogP contribution is -2.28. The summed E-state index contributed by atoms with van der Waals surface area (Å²) in [4.78, 5) is 0. The molecule has 268 valence electrons. The molecule has 0 aliphatic rings. The average Bonchev–Trinajstić information content (AvgIpc) is 3.08. The highest BCUT2D eigenvalue weighted by molar-refractivity contribution is 7.49. The second-order valence-corrected chi connectivity index (χ2v) is 14.0. The molecule has 0 N–H and O–H groups in total. The van der Waals surface area contributed by atoms with Crippen LogP contribution in [-0.4, -0.2) is 56.8 Å². The van der Waals surface area contributed by atoms with Crippen molar-refractivity contribution in [1.82, 2.24) is 0 Å². The normalized spacial score (nSPS) is 13.5. The Bertz CT molecular complexity index is 1700. The molecule has 0 saturated carbocycles. The number of phosphoric acid groups is 3. The molecule has 0 aliphatic carbocycles. The summed E-state index contributed by atoms with van der Waals surface area (Å²) in [7, 11) is -12.8. The van der Waals surface area contributed by atoms with E-state index in [0.717, 1.165) is 5.39 Å². The molecule has 0 heterocycles. The minimum atomic E-state index is -4.32. The van der Waals surface area contributed by atoms with Gasteiger partial charge in [0.1, 0.15) is 11.4 Å². The lowest BCUT2D eigenvalue weighted by atomic mass is 9.94. The van der Waals surface area contributed by atoms with E-state index in [1.165, 1.54) is 0 Å². The number of benzene rings is 3. The first kappa shape index (κ1) is 40.2. The van der Waals surface area contributed by atoms with Gasteiger partial charge < -0.3 is 0 Å². The van der Waals surface area contributed by atoms with Crippen molar-refractivity contribution in [2.75, 3.05) is 39.6 Å². The average molecular weight is 742 g/mol. The number of fused-ring (bicyclic) bond motifs is 1. The molecule has 0 bridgehead atoms. The Morgan fingerprint density at radius 3 is 1.39 bits per heavy atom. The van der Waals surface area contributed by atoms with Crippen LogP contribution in [0.25, 0.3) is 10.8 Å². The van der Waals surface area contributed by atoms with Gasteiger partial charge in [-0.15, -0.1) is 0 Å². The fraction of sp³-hybridized carbons (Fsp3) is 0.387. The maximum absolute atomic E-state index is 13.5. The van der Waals surface area contributed by atoms with E-state index in [2.05, 4.69) is 15.5 Å². The fourth-order valence-corrected chi connectivity index (χ4v) is 7.10. The van der Waals surface area contributed by atoms with Gasteiger partial charge in [-0.05, 0) is 52.3 Å². The molecule has 3 aromatic carbocycles. The van der Waals surface area contributed by atoms with Crippen molar-refractivity contribution in [3.05, 3.63) is 83.9 Å². The molecule has 0 saturated heterocycles. The topological polar surface area (TPSA) is 171 Å². The van der Waals surface area contributed by atoms with Crippen LogP contribution in [0.3, 0.4) is 0 Å². The quantitative estimate of drug-likeness (QED) is 0.0545. The van der Waals surface area contributed by atoms with Crippen LogP contribution in [-0.2, 0) is 54.7 Å². The van der Waals surface area contributed by atoms with Crippen molar-refractivity contribution in [2.45, 2.75) is 41.5 Å². The molecule has 0 amide bonds. The summed E-state index contributed by atoms with van der Waals surface area (Å²) in [5, 5.41) is 14.1. The lowest BCUT2D eigenvalue weighted by molar-refractivity contribution is 0.122. The zero-order chi connectivity index (χ0) is 35.8. The summed E-state index contributed by atoms with van der Waals surface area (Å²) < 4.78 is 88.8. The van der Waals surface area contributed by atoms with E-state index in [9.17, 15) is 13.7 Å². The number of nitrogens with zero attached hydrogens (tertiary/aromatic N) is 3. The predicted octanol–water partition coefficient (Wildman–Crippen LogP) is 8.90. The minimum absolute atomic E-state index is 0.0237. The Balaban J connectivity index is 2.46. The monoisotopic (exact) mass is 741 g/mol. The number of oxime groups is 3. The van der Waals surface area contributed by atoms with Gasteiger partial charge in [-0.25, -0.2) is 13.7 Å². The Morgan fingerprint density at radius 1 is 0.490 bits per heavy atom. The van der Waals surface area contributed by atoms with E-state index in [1.807, 2.05) is 24.3 Å². The highest BCUT2D eigenvalue weighted by atomic mass is 31.2.